The first kappa shape index (κ1) is 15.6. The van der Waals surface area contributed by atoms with Crippen molar-refractivity contribution in [2.75, 3.05) is 24.5 Å². The number of aryl methyl sites for hydroxylation is 1. The van der Waals surface area contributed by atoms with Crippen LogP contribution in [0.1, 0.15) is 19.3 Å². The number of anilines is 1. The summed E-state index contributed by atoms with van der Waals surface area (Å²) in [6.07, 6.45) is 6.22. The van der Waals surface area contributed by atoms with Gasteiger partial charge in [0.2, 0.25) is 5.91 Å². The van der Waals surface area contributed by atoms with Gasteiger partial charge in [0.1, 0.15) is 0 Å². The maximum atomic E-state index is 11.9. The van der Waals surface area contributed by atoms with Crippen molar-refractivity contribution in [3.8, 4) is 0 Å². The average Bonchev–Trinajstić information content (AvgIpc) is 3.25. The van der Waals surface area contributed by atoms with Gasteiger partial charge in [-0.1, -0.05) is 18.2 Å². The third-order valence-corrected chi connectivity index (χ3v) is 4.35. The van der Waals surface area contributed by atoms with Crippen LogP contribution < -0.4 is 10.2 Å². The minimum Gasteiger partial charge on any atom is -0.371 e. The summed E-state index contributed by atoms with van der Waals surface area (Å²) in [5, 5.41) is 7.22. The predicted molar refractivity (Wildman–Crippen MR) is 91.2 cm³/mol. The average molecular weight is 312 g/mol. The first-order chi connectivity index (χ1) is 11.3. The molecule has 1 aliphatic rings. The fourth-order valence-corrected chi connectivity index (χ4v) is 3.05. The van der Waals surface area contributed by atoms with Crippen LogP contribution in [0.25, 0.3) is 0 Å². The Balaban J connectivity index is 1.33. The van der Waals surface area contributed by atoms with Gasteiger partial charge in [-0.05, 0) is 37.0 Å². The summed E-state index contributed by atoms with van der Waals surface area (Å²) in [6.45, 7) is 3.68. The van der Waals surface area contributed by atoms with Crippen molar-refractivity contribution in [3.05, 3.63) is 48.8 Å². The van der Waals surface area contributed by atoms with Gasteiger partial charge in [0, 0.05) is 50.7 Å². The molecule has 0 radical (unpaired) electrons. The third-order valence-electron chi connectivity index (χ3n) is 4.35. The highest BCUT2D eigenvalue weighted by molar-refractivity contribution is 5.75. The summed E-state index contributed by atoms with van der Waals surface area (Å²) < 4.78 is 1.86. The molecule has 1 saturated heterocycles. The van der Waals surface area contributed by atoms with Crippen LogP contribution in [0, 0.1) is 5.92 Å². The second-order valence-corrected chi connectivity index (χ2v) is 6.11. The number of para-hydroxylation sites is 1. The van der Waals surface area contributed by atoms with Gasteiger partial charge in [-0.2, -0.15) is 5.10 Å². The van der Waals surface area contributed by atoms with Gasteiger partial charge in [-0.15, -0.1) is 0 Å². The lowest BCUT2D eigenvalue weighted by molar-refractivity contribution is -0.121. The van der Waals surface area contributed by atoms with E-state index >= 15 is 0 Å². The summed E-state index contributed by atoms with van der Waals surface area (Å²) in [6, 6.07) is 12.4. The lowest BCUT2D eigenvalue weighted by Crippen LogP contribution is -2.31. The Labute approximate surface area is 137 Å². The van der Waals surface area contributed by atoms with Crippen molar-refractivity contribution in [2.24, 2.45) is 5.92 Å². The lowest BCUT2D eigenvalue weighted by atomic mass is 10.1. The number of carbonyl (C=O) groups excluding carboxylic acids is 1. The second-order valence-electron chi connectivity index (χ2n) is 6.11. The summed E-state index contributed by atoms with van der Waals surface area (Å²) in [5.74, 6) is 0.695. The minimum atomic E-state index is 0.148. The molecule has 1 aliphatic heterocycles. The zero-order valence-electron chi connectivity index (χ0n) is 13.4. The molecular formula is C18H24N4O. The van der Waals surface area contributed by atoms with Crippen LogP contribution in [0.3, 0.4) is 0 Å². The molecule has 3 rings (SSSR count). The van der Waals surface area contributed by atoms with Gasteiger partial charge < -0.3 is 10.2 Å². The quantitative estimate of drug-likeness (QED) is 0.853. The van der Waals surface area contributed by atoms with E-state index in [2.05, 4.69) is 39.6 Å². The summed E-state index contributed by atoms with van der Waals surface area (Å²) >= 11 is 0. The van der Waals surface area contributed by atoms with E-state index in [0.29, 0.717) is 12.3 Å². The van der Waals surface area contributed by atoms with E-state index in [1.165, 1.54) is 5.69 Å². The summed E-state index contributed by atoms with van der Waals surface area (Å²) in [7, 11) is 0. The molecule has 122 valence electrons. The lowest BCUT2D eigenvalue weighted by Gasteiger charge is -2.18. The van der Waals surface area contributed by atoms with E-state index in [0.717, 1.165) is 39.0 Å². The molecule has 23 heavy (non-hydrogen) atoms. The number of amides is 1. The number of rotatable bonds is 7. The molecule has 0 bridgehead atoms. The minimum absolute atomic E-state index is 0.148. The van der Waals surface area contributed by atoms with Gasteiger partial charge >= 0.3 is 0 Å². The molecule has 0 aliphatic carbocycles. The van der Waals surface area contributed by atoms with Crippen molar-refractivity contribution >= 4 is 11.6 Å². The Bertz CT molecular complexity index is 597. The number of hydrogen-bond donors (Lipinski definition) is 1. The Morgan fingerprint density at radius 3 is 2.91 bits per heavy atom. The van der Waals surface area contributed by atoms with Crippen LogP contribution in [0.15, 0.2) is 48.8 Å². The molecule has 1 amide bonds. The molecular weight excluding hydrogens is 288 g/mol. The number of carbonyl (C=O) groups is 1. The van der Waals surface area contributed by atoms with Crippen LogP contribution in [0.2, 0.25) is 0 Å². The molecule has 0 spiro atoms. The zero-order chi connectivity index (χ0) is 15.9. The van der Waals surface area contributed by atoms with Crippen LogP contribution in [-0.2, 0) is 11.3 Å². The molecule has 1 fully saturated rings. The van der Waals surface area contributed by atoms with Crippen LogP contribution in [-0.4, -0.2) is 35.3 Å². The smallest absolute Gasteiger partial charge is 0.220 e. The van der Waals surface area contributed by atoms with Gasteiger partial charge in [-0.25, -0.2) is 0 Å². The first-order valence-corrected chi connectivity index (χ1v) is 8.35. The normalized spacial score (nSPS) is 17.4. The van der Waals surface area contributed by atoms with E-state index in [1.54, 1.807) is 6.20 Å². The molecule has 2 aromatic rings. The standard InChI is InChI=1S/C18H24N4O/c23-18(8-4-11-22-12-5-10-20-22)19-14-16-9-13-21(15-16)17-6-2-1-3-7-17/h1-3,5-7,10,12,16H,4,8-9,11,13-15H2,(H,19,23)/t16-/m0/s1. The number of aromatic nitrogens is 2. The van der Waals surface area contributed by atoms with Gasteiger partial charge in [0.25, 0.3) is 0 Å². The third kappa shape index (κ3) is 4.58. The first-order valence-electron chi connectivity index (χ1n) is 8.35. The SMILES string of the molecule is O=C(CCCn1cccn1)NC[C@@H]1CCN(c2ccccc2)C1. The zero-order valence-corrected chi connectivity index (χ0v) is 13.4. The number of nitrogens with one attached hydrogen (secondary N) is 1. The summed E-state index contributed by atoms with van der Waals surface area (Å²) in [5.41, 5.74) is 1.28. The molecule has 1 atom stereocenters. The molecule has 5 nitrogen and oxygen atoms in total. The van der Waals surface area contributed by atoms with Crippen molar-refractivity contribution < 1.29 is 4.79 Å². The van der Waals surface area contributed by atoms with Crippen LogP contribution in [0.5, 0.6) is 0 Å². The second kappa shape index (κ2) is 7.81. The monoisotopic (exact) mass is 312 g/mol. The predicted octanol–water partition coefficient (Wildman–Crippen LogP) is 2.31. The fourth-order valence-electron chi connectivity index (χ4n) is 3.05. The number of benzene rings is 1. The highest BCUT2D eigenvalue weighted by atomic mass is 16.1. The molecule has 1 aromatic heterocycles. The molecule has 0 saturated carbocycles. The van der Waals surface area contributed by atoms with Crippen molar-refractivity contribution in [3.63, 3.8) is 0 Å². The van der Waals surface area contributed by atoms with E-state index in [4.69, 9.17) is 0 Å². The maximum absolute atomic E-state index is 11.9. The van der Waals surface area contributed by atoms with Gasteiger partial charge in [0.15, 0.2) is 0 Å². The molecule has 1 N–H and O–H groups in total. The Morgan fingerprint density at radius 2 is 2.13 bits per heavy atom. The fraction of sp³-hybridized carbons (Fsp3) is 0.444. The molecule has 1 aromatic carbocycles. The van der Waals surface area contributed by atoms with Gasteiger partial charge in [-0.3, -0.25) is 9.48 Å². The Kier molecular flexibility index (Phi) is 5.29. The van der Waals surface area contributed by atoms with E-state index in [-0.39, 0.29) is 5.91 Å². The van der Waals surface area contributed by atoms with Crippen LogP contribution in [0.4, 0.5) is 5.69 Å². The summed E-state index contributed by atoms with van der Waals surface area (Å²) in [4.78, 5) is 14.3. The molecule has 2 heterocycles. The van der Waals surface area contributed by atoms with E-state index in [9.17, 15) is 4.79 Å². The topological polar surface area (TPSA) is 50.2 Å². The molecule has 0 unspecified atom stereocenters. The highest BCUT2D eigenvalue weighted by Crippen LogP contribution is 2.22. The molecule has 5 heteroatoms. The Hall–Kier alpha value is -2.30. The van der Waals surface area contributed by atoms with Gasteiger partial charge in [0.05, 0.1) is 0 Å². The van der Waals surface area contributed by atoms with Crippen molar-refractivity contribution in [1.82, 2.24) is 15.1 Å². The number of hydrogen-bond acceptors (Lipinski definition) is 3. The van der Waals surface area contributed by atoms with E-state index < -0.39 is 0 Å². The Morgan fingerprint density at radius 1 is 1.26 bits per heavy atom. The van der Waals surface area contributed by atoms with Crippen molar-refractivity contribution in [1.29, 1.82) is 0 Å². The largest absolute Gasteiger partial charge is 0.371 e. The highest BCUT2D eigenvalue weighted by Gasteiger charge is 2.22. The van der Waals surface area contributed by atoms with Crippen molar-refractivity contribution in [2.45, 2.75) is 25.8 Å². The maximum Gasteiger partial charge on any atom is 0.220 e. The number of nitrogens with zero attached hydrogens (tertiary/aromatic N) is 3. The van der Waals surface area contributed by atoms with E-state index in [1.807, 2.05) is 23.0 Å². The van der Waals surface area contributed by atoms with Crippen LogP contribution >= 0.6 is 0 Å².